The number of esters is 1. The second kappa shape index (κ2) is 7.77. The van der Waals surface area contributed by atoms with E-state index < -0.39 is 18.0 Å². The van der Waals surface area contributed by atoms with Crippen LogP contribution >= 0.6 is 23.2 Å². The van der Waals surface area contributed by atoms with Crippen molar-refractivity contribution in [2.45, 2.75) is 12.5 Å². The van der Waals surface area contributed by atoms with Gasteiger partial charge in [0.05, 0.1) is 12.5 Å². The quantitative estimate of drug-likeness (QED) is 0.792. The van der Waals surface area contributed by atoms with Crippen LogP contribution in [-0.4, -0.2) is 18.6 Å². The van der Waals surface area contributed by atoms with Gasteiger partial charge in [-0.3, -0.25) is 4.79 Å². The lowest BCUT2D eigenvalue weighted by atomic mass is 10.0. The van der Waals surface area contributed by atoms with Crippen molar-refractivity contribution in [3.63, 3.8) is 0 Å². The molecule has 0 radical (unpaired) electrons. The molecule has 0 bridgehead atoms. The van der Waals surface area contributed by atoms with Crippen LogP contribution in [-0.2, 0) is 9.53 Å². The van der Waals surface area contributed by atoms with E-state index in [1.807, 2.05) is 0 Å². The van der Waals surface area contributed by atoms with Crippen molar-refractivity contribution in [3.8, 4) is 0 Å². The van der Waals surface area contributed by atoms with Gasteiger partial charge in [-0.2, -0.15) is 0 Å². The van der Waals surface area contributed by atoms with Gasteiger partial charge in [-0.05, 0) is 17.7 Å². The number of nitrogens with two attached hydrogens (primary N) is 1. The molecule has 2 amide bonds. The molecule has 1 unspecified atom stereocenters. The molecule has 7 heteroatoms. The number of nitrogens with one attached hydrogen (secondary N) is 1. The van der Waals surface area contributed by atoms with E-state index >= 15 is 0 Å². The van der Waals surface area contributed by atoms with Crippen molar-refractivity contribution in [3.05, 3.63) is 46.5 Å². The van der Waals surface area contributed by atoms with Crippen molar-refractivity contribution in [2.24, 2.45) is 5.73 Å². The number of urea groups is 1. The third kappa shape index (κ3) is 5.95. The van der Waals surface area contributed by atoms with Crippen LogP contribution in [0.25, 0.3) is 0 Å². The minimum absolute atomic E-state index is 0.0747. The highest BCUT2D eigenvalue weighted by Crippen LogP contribution is 2.20. The average Bonchev–Trinajstić information content (AvgIpc) is 2.36. The van der Waals surface area contributed by atoms with E-state index in [0.29, 0.717) is 10.6 Å². The monoisotopic (exact) mass is 316 g/mol. The van der Waals surface area contributed by atoms with E-state index in [-0.39, 0.29) is 18.1 Å². The topological polar surface area (TPSA) is 81.4 Å². The Balaban J connectivity index is 2.74. The second-order valence-electron chi connectivity index (χ2n) is 3.99. The summed E-state index contributed by atoms with van der Waals surface area (Å²) in [5.41, 5.74) is 5.78. The number of amides is 2. The highest BCUT2D eigenvalue weighted by Gasteiger charge is 2.18. The zero-order valence-electron chi connectivity index (χ0n) is 10.6. The molecule has 0 saturated heterocycles. The van der Waals surface area contributed by atoms with Gasteiger partial charge in [0.1, 0.15) is 6.61 Å². The maximum Gasteiger partial charge on any atom is 0.312 e. The molecule has 0 aromatic heterocycles. The predicted molar refractivity (Wildman–Crippen MR) is 77.5 cm³/mol. The molecule has 3 N–H and O–H groups in total. The molecule has 0 aliphatic carbocycles. The Hall–Kier alpha value is -1.72. The molecule has 0 saturated carbocycles. The summed E-state index contributed by atoms with van der Waals surface area (Å²) in [4.78, 5) is 22.6. The Morgan fingerprint density at radius 1 is 1.35 bits per heavy atom. The van der Waals surface area contributed by atoms with E-state index in [0.717, 1.165) is 0 Å². The number of primary amides is 1. The Morgan fingerprint density at radius 3 is 2.45 bits per heavy atom. The zero-order valence-corrected chi connectivity index (χ0v) is 12.1. The van der Waals surface area contributed by atoms with Gasteiger partial charge in [0.15, 0.2) is 0 Å². The lowest BCUT2D eigenvalue weighted by Crippen LogP contribution is -2.34. The van der Waals surface area contributed by atoms with Gasteiger partial charge in [-0.1, -0.05) is 41.9 Å². The Bertz CT molecular complexity index is 503. The molecule has 0 spiro atoms. The summed E-state index contributed by atoms with van der Waals surface area (Å²) in [7, 11) is 0. The lowest BCUT2D eigenvalue weighted by Gasteiger charge is -2.17. The summed E-state index contributed by atoms with van der Waals surface area (Å²) < 4.78 is 4.87. The Kier molecular flexibility index (Phi) is 6.35. The average molecular weight is 317 g/mol. The van der Waals surface area contributed by atoms with Crippen LogP contribution in [0.4, 0.5) is 4.79 Å². The first-order valence-electron chi connectivity index (χ1n) is 5.69. The molecular formula is C13H14Cl2N2O3. The molecule has 0 aliphatic heterocycles. The number of benzene rings is 1. The van der Waals surface area contributed by atoms with Crippen molar-refractivity contribution < 1.29 is 14.3 Å². The second-order valence-corrected chi connectivity index (χ2v) is 4.97. The van der Waals surface area contributed by atoms with Crippen molar-refractivity contribution in [1.82, 2.24) is 5.32 Å². The summed E-state index contributed by atoms with van der Waals surface area (Å²) in [5.74, 6) is -0.527. The maximum absolute atomic E-state index is 11.6. The number of halogens is 2. The molecule has 0 heterocycles. The van der Waals surface area contributed by atoms with Gasteiger partial charge >= 0.3 is 12.0 Å². The van der Waals surface area contributed by atoms with Crippen LogP contribution in [0.1, 0.15) is 18.0 Å². The SMILES string of the molecule is C=C(Cl)COC(=O)CC(NC(N)=O)c1ccc(Cl)cc1. The molecule has 5 nitrogen and oxygen atoms in total. The van der Waals surface area contributed by atoms with Gasteiger partial charge in [0.2, 0.25) is 0 Å². The minimum atomic E-state index is -0.737. The zero-order chi connectivity index (χ0) is 15.1. The highest BCUT2D eigenvalue weighted by molar-refractivity contribution is 6.30. The number of carbonyl (C=O) groups excluding carboxylic acids is 2. The summed E-state index contributed by atoms with van der Waals surface area (Å²) in [6.07, 6.45) is -0.0747. The number of hydrogen-bond donors (Lipinski definition) is 2. The summed E-state index contributed by atoms with van der Waals surface area (Å²) in [5, 5.41) is 3.23. The first-order valence-corrected chi connectivity index (χ1v) is 6.44. The van der Waals surface area contributed by atoms with Gasteiger partial charge < -0.3 is 15.8 Å². The number of rotatable bonds is 6. The van der Waals surface area contributed by atoms with E-state index in [4.69, 9.17) is 33.7 Å². The van der Waals surface area contributed by atoms with Crippen LogP contribution in [0.3, 0.4) is 0 Å². The normalized spacial score (nSPS) is 11.5. The van der Waals surface area contributed by atoms with Crippen LogP contribution in [0.15, 0.2) is 35.9 Å². The van der Waals surface area contributed by atoms with Crippen LogP contribution < -0.4 is 11.1 Å². The number of hydrogen-bond acceptors (Lipinski definition) is 3. The molecule has 0 aliphatic rings. The fourth-order valence-electron chi connectivity index (χ4n) is 1.50. The molecular weight excluding hydrogens is 303 g/mol. The fraction of sp³-hybridized carbons (Fsp3) is 0.231. The third-order valence-electron chi connectivity index (χ3n) is 2.35. The standard InChI is InChI=1S/C13H14Cl2N2O3/c1-8(14)7-20-12(18)6-11(17-13(16)19)9-2-4-10(15)5-3-9/h2-5,11H,1,6-7H2,(H3,16,17,19). The van der Waals surface area contributed by atoms with Crippen LogP contribution in [0.2, 0.25) is 5.02 Å². The number of ether oxygens (including phenoxy) is 1. The highest BCUT2D eigenvalue weighted by atomic mass is 35.5. The summed E-state index contributed by atoms with van der Waals surface area (Å²) >= 11 is 11.3. The predicted octanol–water partition coefficient (Wildman–Crippen LogP) is 2.74. The van der Waals surface area contributed by atoms with Crippen LogP contribution in [0, 0.1) is 0 Å². The van der Waals surface area contributed by atoms with Gasteiger partial charge in [-0.25, -0.2) is 4.79 Å². The van der Waals surface area contributed by atoms with Crippen molar-refractivity contribution >= 4 is 35.2 Å². The minimum Gasteiger partial charge on any atom is -0.460 e. The fourth-order valence-corrected chi connectivity index (χ4v) is 1.68. The van der Waals surface area contributed by atoms with Gasteiger partial charge in [0.25, 0.3) is 0 Å². The third-order valence-corrected chi connectivity index (χ3v) is 2.71. The number of carbonyl (C=O) groups is 2. The molecule has 1 aromatic carbocycles. The first kappa shape index (κ1) is 16.3. The largest absolute Gasteiger partial charge is 0.460 e. The molecule has 108 valence electrons. The first-order chi connectivity index (χ1) is 9.38. The molecule has 1 aromatic rings. The van der Waals surface area contributed by atoms with Gasteiger partial charge in [-0.15, -0.1) is 0 Å². The van der Waals surface area contributed by atoms with Crippen molar-refractivity contribution in [1.29, 1.82) is 0 Å². The molecule has 1 rings (SSSR count). The van der Waals surface area contributed by atoms with E-state index in [2.05, 4.69) is 11.9 Å². The Morgan fingerprint density at radius 2 is 1.95 bits per heavy atom. The van der Waals surface area contributed by atoms with Crippen LogP contribution in [0.5, 0.6) is 0 Å². The Labute approximate surface area is 126 Å². The lowest BCUT2D eigenvalue weighted by molar-refractivity contribution is -0.143. The van der Waals surface area contributed by atoms with E-state index in [1.165, 1.54) is 0 Å². The van der Waals surface area contributed by atoms with Crippen molar-refractivity contribution in [2.75, 3.05) is 6.61 Å². The molecule has 1 atom stereocenters. The van der Waals surface area contributed by atoms with Gasteiger partial charge in [0, 0.05) is 10.1 Å². The summed E-state index contributed by atoms with van der Waals surface area (Å²) in [6.45, 7) is 3.33. The smallest absolute Gasteiger partial charge is 0.312 e. The van der Waals surface area contributed by atoms with E-state index in [1.54, 1.807) is 24.3 Å². The summed E-state index contributed by atoms with van der Waals surface area (Å²) in [6, 6.07) is 5.35. The maximum atomic E-state index is 11.6. The molecule has 0 fully saturated rings. The molecule has 20 heavy (non-hydrogen) atoms. The van der Waals surface area contributed by atoms with E-state index in [9.17, 15) is 9.59 Å².